The van der Waals surface area contributed by atoms with Crippen molar-refractivity contribution in [3.05, 3.63) is 71.4 Å². The van der Waals surface area contributed by atoms with Gasteiger partial charge in [-0.05, 0) is 61.7 Å². The summed E-state index contributed by atoms with van der Waals surface area (Å²) in [5.74, 6) is -0.896. The summed E-state index contributed by atoms with van der Waals surface area (Å²) >= 11 is 1.16. The van der Waals surface area contributed by atoms with E-state index in [4.69, 9.17) is 5.26 Å². The van der Waals surface area contributed by atoms with Gasteiger partial charge in [-0.2, -0.15) is 5.26 Å². The average molecular weight is 539 g/mol. The van der Waals surface area contributed by atoms with Gasteiger partial charge in [-0.3, -0.25) is 9.69 Å². The van der Waals surface area contributed by atoms with E-state index in [0.29, 0.717) is 0 Å². The second kappa shape index (κ2) is 15.1. The second-order valence-electron chi connectivity index (χ2n) is 9.05. The largest absolute Gasteiger partial charge is 0.383 e. The molecule has 1 aliphatic heterocycles. The summed E-state index contributed by atoms with van der Waals surface area (Å²) in [6.07, 6.45) is 2.27. The number of imide groups is 1. The van der Waals surface area contributed by atoms with Crippen LogP contribution in [-0.4, -0.2) is 84.7 Å². The molecule has 0 saturated carbocycles. The molecule has 1 fully saturated rings. The van der Waals surface area contributed by atoms with E-state index >= 15 is 0 Å². The van der Waals surface area contributed by atoms with Crippen LogP contribution in [0, 0.1) is 17.1 Å². The zero-order valence-corrected chi connectivity index (χ0v) is 22.7. The van der Waals surface area contributed by atoms with Crippen LogP contribution in [0.2, 0.25) is 0 Å². The van der Waals surface area contributed by atoms with Crippen molar-refractivity contribution >= 4 is 35.1 Å². The van der Waals surface area contributed by atoms with Gasteiger partial charge in [-0.25, -0.2) is 9.18 Å². The van der Waals surface area contributed by atoms with Crippen LogP contribution in [0.4, 0.5) is 20.6 Å². The van der Waals surface area contributed by atoms with E-state index in [1.54, 1.807) is 18.4 Å². The third kappa shape index (κ3) is 9.17. The van der Waals surface area contributed by atoms with Crippen molar-refractivity contribution < 1.29 is 14.0 Å². The molecule has 1 heterocycles. The van der Waals surface area contributed by atoms with E-state index in [-0.39, 0.29) is 18.8 Å². The van der Waals surface area contributed by atoms with Crippen LogP contribution in [0.1, 0.15) is 12.5 Å². The van der Waals surface area contributed by atoms with Crippen LogP contribution in [-0.2, 0) is 11.2 Å². The minimum Gasteiger partial charge on any atom is -0.383 e. The highest BCUT2D eigenvalue weighted by Gasteiger charge is 2.28. The molecule has 0 radical (unpaired) electrons. The van der Waals surface area contributed by atoms with Crippen LogP contribution in [0.3, 0.4) is 0 Å². The molecule has 2 aromatic carbocycles. The summed E-state index contributed by atoms with van der Waals surface area (Å²) in [7, 11) is 2.15. The number of urea groups is 1. The number of rotatable bonds is 11. The molecule has 8 nitrogen and oxygen atoms in total. The highest BCUT2D eigenvalue weighted by molar-refractivity contribution is 8.03. The van der Waals surface area contributed by atoms with Gasteiger partial charge in [0.25, 0.3) is 0 Å². The summed E-state index contributed by atoms with van der Waals surface area (Å²) in [5, 5.41) is 15.6. The van der Waals surface area contributed by atoms with Crippen molar-refractivity contribution in [2.45, 2.75) is 18.6 Å². The highest BCUT2D eigenvalue weighted by atomic mass is 32.2. The van der Waals surface area contributed by atoms with Crippen molar-refractivity contribution in [3.8, 4) is 6.07 Å². The van der Waals surface area contributed by atoms with Crippen molar-refractivity contribution in [3.63, 3.8) is 0 Å². The number of hydrogen-bond donors (Lipinski definition) is 2. The van der Waals surface area contributed by atoms with Crippen LogP contribution in [0.25, 0.3) is 0 Å². The van der Waals surface area contributed by atoms with Crippen LogP contribution >= 0.6 is 11.8 Å². The monoisotopic (exact) mass is 538 g/mol. The molecule has 2 N–H and O–H groups in total. The Kier molecular flexibility index (Phi) is 11.6. The Hall–Kier alpha value is -3.39. The summed E-state index contributed by atoms with van der Waals surface area (Å²) in [6.45, 7) is 7.52. The molecule has 202 valence electrons. The van der Waals surface area contributed by atoms with Gasteiger partial charge in [0.2, 0.25) is 5.91 Å². The molecule has 1 atom stereocenters. The van der Waals surface area contributed by atoms with Gasteiger partial charge in [0.05, 0.1) is 6.07 Å². The van der Waals surface area contributed by atoms with E-state index in [9.17, 15) is 14.0 Å². The van der Waals surface area contributed by atoms with Gasteiger partial charge in [-0.1, -0.05) is 18.2 Å². The predicted octanol–water partition coefficient (Wildman–Crippen LogP) is 4.25. The fraction of sp³-hybridized carbons (Fsp3) is 0.393. The number of carbonyl (C=O) groups is 2. The van der Waals surface area contributed by atoms with E-state index in [2.05, 4.69) is 39.6 Å². The lowest BCUT2D eigenvalue weighted by atomic mass is 10.1. The van der Waals surface area contributed by atoms with Crippen LogP contribution in [0.15, 0.2) is 60.0 Å². The molecule has 0 aliphatic carbocycles. The van der Waals surface area contributed by atoms with Gasteiger partial charge >= 0.3 is 6.03 Å². The maximum absolute atomic E-state index is 13.5. The third-order valence-electron chi connectivity index (χ3n) is 6.32. The van der Waals surface area contributed by atoms with E-state index in [1.165, 1.54) is 29.8 Å². The number of carbonyl (C=O) groups excluding carboxylic acids is 2. The fourth-order valence-corrected chi connectivity index (χ4v) is 4.80. The van der Waals surface area contributed by atoms with Gasteiger partial charge in [0.1, 0.15) is 11.1 Å². The Labute approximate surface area is 228 Å². The Morgan fingerprint density at radius 2 is 1.89 bits per heavy atom. The number of likely N-dealkylation sites (N-methyl/N-ethyl adjacent to an activating group) is 1. The fourth-order valence-electron chi connectivity index (χ4n) is 4.05. The zero-order valence-electron chi connectivity index (χ0n) is 21.9. The first-order valence-electron chi connectivity index (χ1n) is 12.7. The quantitative estimate of drug-likeness (QED) is 0.414. The van der Waals surface area contributed by atoms with Gasteiger partial charge < -0.3 is 20.4 Å². The first-order chi connectivity index (χ1) is 18.4. The molecule has 2 aromatic rings. The predicted molar refractivity (Wildman–Crippen MR) is 152 cm³/mol. The Bertz CT molecular complexity index is 1130. The van der Waals surface area contributed by atoms with Gasteiger partial charge in [-0.15, -0.1) is 11.8 Å². The average Bonchev–Trinajstić information content (AvgIpc) is 2.91. The number of nitrogens with one attached hydrogen (secondary N) is 2. The number of hydrogen-bond acceptors (Lipinski definition) is 7. The molecule has 3 amide bonds. The Morgan fingerprint density at radius 1 is 1.16 bits per heavy atom. The maximum Gasteiger partial charge on any atom is 0.328 e. The maximum atomic E-state index is 13.5. The van der Waals surface area contributed by atoms with E-state index in [1.807, 2.05) is 18.2 Å². The minimum atomic E-state index is -0.658. The number of benzene rings is 2. The normalized spacial score (nSPS) is 15.1. The van der Waals surface area contributed by atoms with E-state index in [0.717, 1.165) is 61.5 Å². The number of thioether (sulfide) groups is 1. The lowest BCUT2D eigenvalue weighted by Crippen LogP contribution is -2.46. The number of halogens is 1. The molecular weight excluding hydrogens is 503 g/mol. The first-order valence-corrected chi connectivity index (χ1v) is 13.7. The zero-order chi connectivity index (χ0) is 27.3. The smallest absolute Gasteiger partial charge is 0.328 e. The number of nitrogens with zero attached hydrogens (tertiary/aromatic N) is 4. The molecule has 38 heavy (non-hydrogen) atoms. The minimum absolute atomic E-state index is 0.140. The Balaban J connectivity index is 1.58. The van der Waals surface area contributed by atoms with Crippen molar-refractivity contribution in [1.82, 2.24) is 14.7 Å². The Morgan fingerprint density at radius 3 is 2.55 bits per heavy atom. The molecule has 10 heteroatoms. The number of nitriles is 1. The topological polar surface area (TPSA) is 91.7 Å². The lowest BCUT2D eigenvalue weighted by Gasteiger charge is -2.32. The third-order valence-corrected chi connectivity index (χ3v) is 7.31. The number of piperazine rings is 1. The summed E-state index contributed by atoms with van der Waals surface area (Å²) < 4.78 is 13.5. The van der Waals surface area contributed by atoms with Crippen LogP contribution < -0.4 is 10.6 Å². The number of allylic oxidation sites excluding steroid dienone is 1. The van der Waals surface area contributed by atoms with Gasteiger partial charge in [0.15, 0.2) is 0 Å². The molecule has 0 spiro atoms. The lowest BCUT2D eigenvalue weighted by molar-refractivity contribution is -0.127. The molecular formula is C28H35FN6O2S. The molecule has 0 aromatic heterocycles. The van der Waals surface area contributed by atoms with Crippen molar-refractivity contribution in [1.29, 1.82) is 5.26 Å². The second-order valence-corrected chi connectivity index (χ2v) is 10.2. The summed E-state index contributed by atoms with van der Waals surface area (Å²) in [4.78, 5) is 32.0. The molecule has 1 aliphatic rings. The molecule has 3 rings (SSSR count). The standard InChI is InChI=1S/C28H35FN6O2S/c1-3-35(28(37)32-25-7-4-6-23(29)20-25)27(36)26(38-19-5-13-30)21-31-24-10-8-22(9-11-24)12-14-34-17-15-33(2)16-18-34/h4-11,19-20,26,31H,3,12,14-18,21H2,1-2H3,(H,32,37)/b19-5+. The summed E-state index contributed by atoms with van der Waals surface area (Å²) in [5.41, 5.74) is 2.38. The molecule has 0 bridgehead atoms. The first kappa shape index (κ1) is 29.2. The summed E-state index contributed by atoms with van der Waals surface area (Å²) in [6, 6.07) is 14.9. The van der Waals surface area contributed by atoms with E-state index < -0.39 is 23.0 Å². The molecule has 1 unspecified atom stereocenters. The van der Waals surface area contributed by atoms with Crippen molar-refractivity contribution in [2.24, 2.45) is 0 Å². The van der Waals surface area contributed by atoms with Gasteiger partial charge in [0, 0.05) is 63.3 Å². The highest BCUT2D eigenvalue weighted by Crippen LogP contribution is 2.19. The molecule has 1 saturated heterocycles. The SMILES string of the molecule is CCN(C(=O)Nc1cccc(F)c1)C(=O)C(CNc1ccc(CCN2CCN(C)CC2)cc1)S/C=C/C#N. The number of amides is 3. The van der Waals surface area contributed by atoms with Crippen LogP contribution in [0.5, 0.6) is 0 Å². The van der Waals surface area contributed by atoms with Crippen molar-refractivity contribution in [2.75, 3.05) is 63.5 Å². The number of anilines is 2.